The third-order valence-corrected chi connectivity index (χ3v) is 6.46. The van der Waals surface area contributed by atoms with Crippen LogP contribution < -0.4 is 0 Å². The molecule has 4 rings (SSSR count). The van der Waals surface area contributed by atoms with Gasteiger partial charge in [-0.2, -0.15) is 0 Å². The van der Waals surface area contributed by atoms with Crippen molar-refractivity contribution in [1.29, 1.82) is 0 Å². The Kier molecular flexibility index (Phi) is 5.97. The van der Waals surface area contributed by atoms with E-state index in [0.29, 0.717) is 12.0 Å². The first-order valence-electron chi connectivity index (χ1n) is 10.8. The summed E-state index contributed by atoms with van der Waals surface area (Å²) >= 11 is 0. The molecule has 33 heavy (non-hydrogen) atoms. The lowest BCUT2D eigenvalue weighted by atomic mass is 9.72. The average Bonchev–Trinajstić information content (AvgIpc) is 2.83. The average molecular weight is 448 g/mol. The van der Waals surface area contributed by atoms with Crippen LogP contribution >= 0.6 is 0 Å². The van der Waals surface area contributed by atoms with Crippen molar-refractivity contribution in [2.45, 2.75) is 44.2 Å². The number of benzene rings is 2. The molecule has 6 nitrogen and oxygen atoms in total. The molecule has 1 aliphatic heterocycles. The maximum absolute atomic E-state index is 13.6. The van der Waals surface area contributed by atoms with E-state index in [1.54, 1.807) is 36.5 Å². The highest BCUT2D eigenvalue weighted by Gasteiger charge is 2.58. The molecule has 1 unspecified atom stereocenters. The van der Waals surface area contributed by atoms with Crippen LogP contribution in [0.2, 0.25) is 0 Å². The number of carbonyl (C=O) groups is 2. The van der Waals surface area contributed by atoms with Crippen molar-refractivity contribution in [3.63, 3.8) is 0 Å². The Balaban J connectivity index is 1.69. The summed E-state index contributed by atoms with van der Waals surface area (Å²) in [4.78, 5) is 37.5. The second-order valence-electron chi connectivity index (χ2n) is 8.95. The van der Waals surface area contributed by atoms with Crippen molar-refractivity contribution in [1.82, 2.24) is 14.9 Å². The fraction of sp³-hybridized carbons (Fsp3) is 0.308. The van der Waals surface area contributed by atoms with Gasteiger partial charge in [0, 0.05) is 30.5 Å². The van der Waals surface area contributed by atoms with Gasteiger partial charge >= 0.3 is 5.97 Å². The predicted molar refractivity (Wildman–Crippen MR) is 121 cm³/mol. The molecular weight excluding hydrogens is 421 g/mol. The van der Waals surface area contributed by atoms with E-state index in [1.807, 2.05) is 44.2 Å². The number of piperidine rings is 1. The van der Waals surface area contributed by atoms with Crippen LogP contribution in [0.25, 0.3) is 11.1 Å². The second-order valence-corrected chi connectivity index (χ2v) is 8.95. The number of aromatic nitrogens is 2. The monoisotopic (exact) mass is 447 g/mol. The number of halogens is 1. The van der Waals surface area contributed by atoms with Crippen LogP contribution in [0.1, 0.15) is 38.1 Å². The summed E-state index contributed by atoms with van der Waals surface area (Å²) in [7, 11) is 1.69. The van der Waals surface area contributed by atoms with Crippen molar-refractivity contribution >= 4 is 11.9 Å². The summed E-state index contributed by atoms with van der Waals surface area (Å²) < 4.78 is 18.9. The lowest BCUT2D eigenvalue weighted by Gasteiger charge is -2.46. The number of hydrogen-bond acceptors (Lipinski definition) is 5. The summed E-state index contributed by atoms with van der Waals surface area (Å²) in [6.45, 7) is 3.97. The van der Waals surface area contributed by atoms with Gasteiger partial charge < -0.3 is 9.64 Å². The Morgan fingerprint density at radius 3 is 2.27 bits per heavy atom. The van der Waals surface area contributed by atoms with Crippen LogP contribution in [-0.2, 0) is 26.3 Å². The van der Waals surface area contributed by atoms with Crippen LogP contribution in [0.15, 0.2) is 67.0 Å². The lowest BCUT2D eigenvalue weighted by molar-refractivity contribution is -0.166. The van der Waals surface area contributed by atoms with Crippen molar-refractivity contribution in [2.75, 3.05) is 7.05 Å². The number of hydrogen-bond donors (Lipinski definition) is 0. The van der Waals surface area contributed by atoms with Gasteiger partial charge in [-0.25, -0.2) is 14.4 Å². The van der Waals surface area contributed by atoms with Gasteiger partial charge in [0.05, 0.1) is 0 Å². The molecule has 1 aliphatic rings. The van der Waals surface area contributed by atoms with Gasteiger partial charge in [0.2, 0.25) is 11.3 Å². The molecule has 170 valence electrons. The highest BCUT2D eigenvalue weighted by Crippen LogP contribution is 2.41. The molecule has 0 saturated carbocycles. The molecule has 1 aromatic heterocycles. The predicted octanol–water partition coefficient (Wildman–Crippen LogP) is 4.29. The standard InChI is InChI=1S/C26H26FN3O3/c1-25(2)13-14-26(23(31)30(25)3,24(32)33-17-18-7-5-4-6-8-18)22-28-15-20(16-29-22)19-9-11-21(27)12-10-19/h4-12,15-16H,13-14,17H2,1-3H3. The summed E-state index contributed by atoms with van der Waals surface area (Å²) in [6.07, 6.45) is 3.93. The van der Waals surface area contributed by atoms with Gasteiger partial charge in [-0.1, -0.05) is 42.5 Å². The topological polar surface area (TPSA) is 72.4 Å². The third kappa shape index (κ3) is 4.23. The molecule has 0 aliphatic carbocycles. The highest BCUT2D eigenvalue weighted by atomic mass is 19.1. The fourth-order valence-electron chi connectivity index (χ4n) is 4.00. The molecule has 1 fully saturated rings. The van der Waals surface area contributed by atoms with E-state index in [9.17, 15) is 14.0 Å². The molecular formula is C26H26FN3O3. The van der Waals surface area contributed by atoms with Crippen molar-refractivity contribution in [3.05, 3.63) is 84.2 Å². The van der Waals surface area contributed by atoms with E-state index in [0.717, 1.165) is 11.1 Å². The van der Waals surface area contributed by atoms with Gasteiger partial charge in [-0.3, -0.25) is 9.59 Å². The number of rotatable bonds is 5. The third-order valence-electron chi connectivity index (χ3n) is 6.46. The van der Waals surface area contributed by atoms with Crippen LogP contribution in [0.5, 0.6) is 0 Å². The molecule has 0 spiro atoms. The number of likely N-dealkylation sites (N-methyl/N-ethyl adjacent to an activating group) is 1. The minimum Gasteiger partial charge on any atom is -0.460 e. The minimum atomic E-state index is -1.62. The second kappa shape index (κ2) is 8.73. The van der Waals surface area contributed by atoms with Crippen molar-refractivity contribution < 1.29 is 18.7 Å². The number of carbonyl (C=O) groups excluding carboxylic acids is 2. The van der Waals surface area contributed by atoms with Gasteiger partial charge in [-0.05, 0) is 49.9 Å². The maximum atomic E-state index is 13.6. The molecule has 3 aromatic rings. The van der Waals surface area contributed by atoms with Crippen molar-refractivity contribution in [3.8, 4) is 11.1 Å². The zero-order valence-corrected chi connectivity index (χ0v) is 18.9. The molecule has 1 amide bonds. The summed E-state index contributed by atoms with van der Waals surface area (Å²) in [5.74, 6) is -1.27. The minimum absolute atomic E-state index is 0.0511. The quantitative estimate of drug-likeness (QED) is 0.431. The molecule has 7 heteroatoms. The zero-order chi connectivity index (χ0) is 23.6. The molecule has 1 saturated heterocycles. The lowest BCUT2D eigenvalue weighted by Crippen LogP contribution is -2.62. The van der Waals surface area contributed by atoms with E-state index < -0.39 is 16.9 Å². The molecule has 2 heterocycles. The van der Waals surface area contributed by atoms with Crippen LogP contribution in [0.3, 0.4) is 0 Å². The molecule has 0 radical (unpaired) electrons. The Labute approximate surface area is 192 Å². The molecule has 2 aromatic carbocycles. The SMILES string of the molecule is CN1C(=O)C(C(=O)OCc2ccccc2)(c2ncc(-c3ccc(F)cc3)cn2)CCC1(C)C. The number of nitrogens with zero attached hydrogens (tertiary/aromatic N) is 3. The normalized spacial score (nSPS) is 19.9. The first-order valence-corrected chi connectivity index (χ1v) is 10.8. The van der Waals surface area contributed by atoms with E-state index in [4.69, 9.17) is 4.74 Å². The van der Waals surface area contributed by atoms with Crippen LogP contribution in [0, 0.1) is 5.82 Å². The van der Waals surface area contributed by atoms with Gasteiger partial charge in [0.25, 0.3) is 0 Å². The zero-order valence-electron chi connectivity index (χ0n) is 18.9. The van der Waals surface area contributed by atoms with Gasteiger partial charge in [0.15, 0.2) is 5.82 Å². The van der Waals surface area contributed by atoms with Gasteiger partial charge in [-0.15, -0.1) is 0 Å². The van der Waals surface area contributed by atoms with Crippen molar-refractivity contribution in [2.24, 2.45) is 0 Å². The largest absolute Gasteiger partial charge is 0.460 e. The summed E-state index contributed by atoms with van der Waals surface area (Å²) in [6, 6.07) is 15.3. The van der Waals surface area contributed by atoms with E-state index in [-0.39, 0.29) is 30.6 Å². The van der Waals surface area contributed by atoms with Crippen LogP contribution in [0.4, 0.5) is 4.39 Å². The fourth-order valence-corrected chi connectivity index (χ4v) is 4.00. The van der Waals surface area contributed by atoms with Crippen LogP contribution in [-0.4, -0.2) is 39.3 Å². The smallest absolute Gasteiger partial charge is 0.329 e. The maximum Gasteiger partial charge on any atom is 0.329 e. The first kappa shape index (κ1) is 22.6. The number of esters is 1. The Hall–Kier alpha value is -3.61. The summed E-state index contributed by atoms with van der Waals surface area (Å²) in [5, 5.41) is 0. The molecule has 0 bridgehead atoms. The number of ether oxygens (including phenoxy) is 1. The van der Waals surface area contributed by atoms with E-state index >= 15 is 0 Å². The van der Waals surface area contributed by atoms with Gasteiger partial charge in [0.1, 0.15) is 12.4 Å². The van der Waals surface area contributed by atoms with E-state index in [2.05, 4.69) is 9.97 Å². The number of likely N-dealkylation sites (tertiary alicyclic amines) is 1. The Morgan fingerprint density at radius 1 is 1.00 bits per heavy atom. The molecule has 0 N–H and O–H groups in total. The summed E-state index contributed by atoms with van der Waals surface area (Å²) in [5.41, 5.74) is 0.181. The first-order chi connectivity index (χ1) is 15.7. The molecule has 1 atom stereocenters. The highest BCUT2D eigenvalue weighted by molar-refractivity contribution is 6.08. The number of amides is 1. The Bertz CT molecular complexity index is 1150. The Morgan fingerprint density at radius 2 is 1.64 bits per heavy atom. The van der Waals surface area contributed by atoms with E-state index in [1.165, 1.54) is 12.1 Å².